The van der Waals surface area contributed by atoms with Gasteiger partial charge < -0.3 is 10.1 Å². The van der Waals surface area contributed by atoms with Crippen LogP contribution in [0.1, 0.15) is 25.8 Å². The van der Waals surface area contributed by atoms with Crippen LogP contribution < -0.4 is 10.1 Å². The maximum absolute atomic E-state index is 5.20. The normalized spacial score (nSPS) is 21.8. The van der Waals surface area contributed by atoms with Gasteiger partial charge in [-0.25, -0.2) is 0 Å². The van der Waals surface area contributed by atoms with Crippen molar-refractivity contribution in [3.63, 3.8) is 0 Å². The van der Waals surface area contributed by atoms with Crippen molar-refractivity contribution in [3.05, 3.63) is 29.8 Å². The lowest BCUT2D eigenvalue weighted by Crippen LogP contribution is -2.37. The van der Waals surface area contributed by atoms with E-state index >= 15 is 0 Å². The third-order valence-electron chi connectivity index (χ3n) is 4.07. The van der Waals surface area contributed by atoms with Gasteiger partial charge >= 0.3 is 0 Å². The number of hydrogen-bond acceptors (Lipinski definition) is 3. The Morgan fingerprint density at radius 2 is 2.00 bits per heavy atom. The van der Waals surface area contributed by atoms with Crippen molar-refractivity contribution >= 4 is 12.4 Å². The predicted octanol–water partition coefficient (Wildman–Crippen LogP) is 2.94. The Labute approximate surface area is 129 Å². The van der Waals surface area contributed by atoms with E-state index in [-0.39, 0.29) is 12.4 Å². The summed E-state index contributed by atoms with van der Waals surface area (Å²) in [5.41, 5.74) is 1.79. The summed E-state index contributed by atoms with van der Waals surface area (Å²) in [4.78, 5) is 2.54. The molecule has 1 aliphatic heterocycles. The van der Waals surface area contributed by atoms with Crippen LogP contribution in [-0.2, 0) is 6.54 Å². The number of rotatable bonds is 6. The molecule has 1 aromatic rings. The third kappa shape index (κ3) is 4.65. The van der Waals surface area contributed by atoms with Crippen LogP contribution in [0.3, 0.4) is 0 Å². The highest BCUT2D eigenvalue weighted by atomic mass is 35.5. The Balaban J connectivity index is 0.00000200. The van der Waals surface area contributed by atoms with Gasteiger partial charge in [0.1, 0.15) is 5.75 Å². The minimum Gasteiger partial charge on any atom is -0.497 e. The van der Waals surface area contributed by atoms with Crippen molar-refractivity contribution in [2.24, 2.45) is 5.41 Å². The van der Waals surface area contributed by atoms with Crippen molar-refractivity contribution in [2.45, 2.75) is 26.8 Å². The molecule has 1 aromatic carbocycles. The topological polar surface area (TPSA) is 24.5 Å². The fourth-order valence-corrected chi connectivity index (χ4v) is 2.81. The molecule has 0 radical (unpaired) electrons. The van der Waals surface area contributed by atoms with E-state index in [2.05, 4.69) is 36.2 Å². The van der Waals surface area contributed by atoms with Crippen LogP contribution in [0.25, 0.3) is 0 Å². The molecule has 1 N–H and O–H groups in total. The number of nitrogens with zero attached hydrogens (tertiary/aromatic N) is 1. The molecule has 0 saturated carbocycles. The molecular formula is C16H27ClN2O. The third-order valence-corrected chi connectivity index (χ3v) is 4.07. The molecule has 0 amide bonds. The summed E-state index contributed by atoms with van der Waals surface area (Å²) in [6.45, 7) is 10.2. The lowest BCUT2D eigenvalue weighted by Gasteiger charge is -2.31. The van der Waals surface area contributed by atoms with Gasteiger partial charge in [0.05, 0.1) is 7.11 Å². The maximum atomic E-state index is 5.20. The molecule has 20 heavy (non-hydrogen) atoms. The fraction of sp³-hybridized carbons (Fsp3) is 0.625. The average molecular weight is 299 g/mol. The van der Waals surface area contributed by atoms with Gasteiger partial charge in [-0.05, 0) is 42.6 Å². The van der Waals surface area contributed by atoms with Gasteiger partial charge in [0.2, 0.25) is 0 Å². The average Bonchev–Trinajstić information content (AvgIpc) is 2.85. The molecule has 1 aliphatic rings. The van der Waals surface area contributed by atoms with E-state index < -0.39 is 0 Å². The van der Waals surface area contributed by atoms with Crippen molar-refractivity contribution < 1.29 is 4.74 Å². The molecule has 114 valence electrons. The van der Waals surface area contributed by atoms with Crippen LogP contribution in [0, 0.1) is 5.41 Å². The largest absolute Gasteiger partial charge is 0.497 e. The van der Waals surface area contributed by atoms with Crippen LogP contribution in [0.5, 0.6) is 5.75 Å². The lowest BCUT2D eigenvalue weighted by atomic mass is 9.89. The van der Waals surface area contributed by atoms with E-state index in [1.807, 2.05) is 12.1 Å². The van der Waals surface area contributed by atoms with Crippen LogP contribution in [0.4, 0.5) is 0 Å². The molecule has 1 fully saturated rings. The summed E-state index contributed by atoms with van der Waals surface area (Å²) in [5, 5.41) is 3.48. The number of nitrogens with one attached hydrogen (secondary N) is 1. The molecule has 1 saturated heterocycles. The Morgan fingerprint density at radius 3 is 2.50 bits per heavy atom. The Bertz CT molecular complexity index is 388. The molecule has 0 aromatic heterocycles. The molecule has 3 nitrogen and oxygen atoms in total. The molecule has 0 aliphatic carbocycles. The fourth-order valence-electron chi connectivity index (χ4n) is 2.81. The van der Waals surface area contributed by atoms with E-state index in [1.54, 1.807) is 7.11 Å². The Kier molecular flexibility index (Phi) is 6.80. The van der Waals surface area contributed by atoms with E-state index in [0.29, 0.717) is 5.41 Å². The van der Waals surface area contributed by atoms with Gasteiger partial charge in [0.25, 0.3) is 0 Å². The SMILES string of the molecule is CCN(Cc1ccc(OC)cc1)CC1(C)CCNC1.Cl. The van der Waals surface area contributed by atoms with E-state index in [4.69, 9.17) is 4.74 Å². The number of methoxy groups -OCH3 is 1. The first kappa shape index (κ1) is 17.3. The first-order valence-corrected chi connectivity index (χ1v) is 7.21. The van der Waals surface area contributed by atoms with Crippen LogP contribution >= 0.6 is 12.4 Å². The summed E-state index contributed by atoms with van der Waals surface area (Å²) >= 11 is 0. The number of ether oxygens (including phenoxy) is 1. The molecule has 2 rings (SSSR count). The summed E-state index contributed by atoms with van der Waals surface area (Å²) < 4.78 is 5.20. The summed E-state index contributed by atoms with van der Waals surface area (Å²) in [6, 6.07) is 8.41. The first-order chi connectivity index (χ1) is 9.15. The highest BCUT2D eigenvalue weighted by Gasteiger charge is 2.30. The molecule has 1 heterocycles. The molecule has 0 spiro atoms. The van der Waals surface area contributed by atoms with Gasteiger partial charge in [0, 0.05) is 19.6 Å². The minimum atomic E-state index is 0. The zero-order valence-corrected chi connectivity index (χ0v) is 13.6. The van der Waals surface area contributed by atoms with Crippen LogP contribution in [0.2, 0.25) is 0 Å². The second-order valence-electron chi connectivity index (χ2n) is 5.89. The number of benzene rings is 1. The van der Waals surface area contributed by atoms with Crippen LogP contribution in [-0.4, -0.2) is 38.2 Å². The van der Waals surface area contributed by atoms with Gasteiger partial charge in [-0.15, -0.1) is 12.4 Å². The molecular weight excluding hydrogens is 272 g/mol. The number of halogens is 1. The van der Waals surface area contributed by atoms with Gasteiger partial charge in [-0.2, -0.15) is 0 Å². The lowest BCUT2D eigenvalue weighted by molar-refractivity contribution is 0.178. The Morgan fingerprint density at radius 1 is 1.30 bits per heavy atom. The molecule has 4 heteroatoms. The first-order valence-electron chi connectivity index (χ1n) is 7.21. The highest BCUT2D eigenvalue weighted by Crippen LogP contribution is 2.26. The van der Waals surface area contributed by atoms with Gasteiger partial charge in [-0.3, -0.25) is 4.90 Å². The summed E-state index contributed by atoms with van der Waals surface area (Å²) in [6.07, 6.45) is 1.28. The zero-order valence-electron chi connectivity index (χ0n) is 12.8. The standard InChI is InChI=1S/C16H26N2O.ClH/c1-4-18(13-16(2)9-10-17-12-16)11-14-5-7-15(19-3)8-6-14;/h5-8,17H,4,9-13H2,1-3H3;1H. The zero-order chi connectivity index (χ0) is 13.7. The van der Waals surface area contributed by atoms with Crippen LogP contribution in [0.15, 0.2) is 24.3 Å². The van der Waals surface area contributed by atoms with Crippen molar-refractivity contribution in [1.82, 2.24) is 10.2 Å². The second kappa shape index (κ2) is 7.87. The summed E-state index contributed by atoms with van der Waals surface area (Å²) in [7, 11) is 1.71. The summed E-state index contributed by atoms with van der Waals surface area (Å²) in [5.74, 6) is 0.929. The van der Waals surface area contributed by atoms with Gasteiger partial charge in [0.15, 0.2) is 0 Å². The van der Waals surface area contributed by atoms with Crippen molar-refractivity contribution in [2.75, 3.05) is 33.3 Å². The predicted molar refractivity (Wildman–Crippen MR) is 86.8 cm³/mol. The number of hydrogen-bond donors (Lipinski definition) is 1. The monoisotopic (exact) mass is 298 g/mol. The highest BCUT2D eigenvalue weighted by molar-refractivity contribution is 5.85. The molecule has 1 atom stereocenters. The smallest absolute Gasteiger partial charge is 0.118 e. The Hall–Kier alpha value is -0.770. The quantitative estimate of drug-likeness (QED) is 0.874. The maximum Gasteiger partial charge on any atom is 0.118 e. The second-order valence-corrected chi connectivity index (χ2v) is 5.89. The van der Waals surface area contributed by atoms with E-state index in [0.717, 1.165) is 31.9 Å². The minimum absolute atomic E-state index is 0. The van der Waals surface area contributed by atoms with Crippen molar-refractivity contribution in [1.29, 1.82) is 0 Å². The van der Waals surface area contributed by atoms with E-state index in [1.165, 1.54) is 18.5 Å². The molecule has 1 unspecified atom stereocenters. The van der Waals surface area contributed by atoms with Gasteiger partial charge in [-0.1, -0.05) is 26.0 Å². The van der Waals surface area contributed by atoms with Crippen molar-refractivity contribution in [3.8, 4) is 5.75 Å². The van der Waals surface area contributed by atoms with E-state index in [9.17, 15) is 0 Å². The molecule has 0 bridgehead atoms.